The van der Waals surface area contributed by atoms with Crippen molar-refractivity contribution >= 4 is 0 Å². The van der Waals surface area contributed by atoms with Crippen molar-refractivity contribution < 1.29 is 0 Å². The molecule has 0 radical (unpaired) electrons. The highest BCUT2D eigenvalue weighted by Crippen LogP contribution is 2.40. The summed E-state index contributed by atoms with van der Waals surface area (Å²) in [7, 11) is 0. The van der Waals surface area contributed by atoms with E-state index in [-0.39, 0.29) is 0 Å². The average molecular weight is 245 g/mol. The Morgan fingerprint density at radius 3 is 2.89 bits per heavy atom. The van der Waals surface area contributed by atoms with Gasteiger partial charge in [-0.15, -0.1) is 0 Å². The van der Waals surface area contributed by atoms with Gasteiger partial charge >= 0.3 is 0 Å². The minimum atomic E-state index is 0.337. The first kappa shape index (κ1) is 12.1. The van der Waals surface area contributed by atoms with Crippen LogP contribution < -0.4 is 5.32 Å². The van der Waals surface area contributed by atoms with E-state index < -0.39 is 0 Å². The molecular formula is C15H23N3. The number of rotatable bonds is 3. The highest BCUT2D eigenvalue weighted by molar-refractivity contribution is 5.10. The first-order valence-corrected chi connectivity index (χ1v) is 7.12. The summed E-state index contributed by atoms with van der Waals surface area (Å²) >= 11 is 0. The molecular weight excluding hydrogens is 222 g/mol. The van der Waals surface area contributed by atoms with E-state index in [2.05, 4.69) is 34.3 Å². The molecule has 2 heterocycles. The summed E-state index contributed by atoms with van der Waals surface area (Å²) in [4.78, 5) is 6.70. The molecule has 3 nitrogen and oxygen atoms in total. The van der Waals surface area contributed by atoms with Crippen LogP contribution in [0.3, 0.4) is 0 Å². The van der Waals surface area contributed by atoms with Crippen molar-refractivity contribution in [3.05, 3.63) is 30.1 Å². The van der Waals surface area contributed by atoms with Crippen molar-refractivity contribution in [3.8, 4) is 0 Å². The summed E-state index contributed by atoms with van der Waals surface area (Å²) in [5.74, 6) is 0.899. The molecule has 1 aliphatic carbocycles. The van der Waals surface area contributed by atoms with Crippen LogP contribution in [0.2, 0.25) is 0 Å². The molecule has 1 N–H and O–H groups in total. The van der Waals surface area contributed by atoms with Gasteiger partial charge in [0.1, 0.15) is 0 Å². The van der Waals surface area contributed by atoms with Gasteiger partial charge in [0.05, 0.1) is 0 Å². The van der Waals surface area contributed by atoms with E-state index in [0.29, 0.717) is 5.54 Å². The Balaban J connectivity index is 1.67. The lowest BCUT2D eigenvalue weighted by Gasteiger charge is -2.34. The van der Waals surface area contributed by atoms with Crippen LogP contribution in [0.4, 0.5) is 0 Å². The number of aromatic nitrogens is 1. The van der Waals surface area contributed by atoms with E-state index in [1.807, 2.05) is 12.4 Å². The molecule has 1 aliphatic heterocycles. The summed E-state index contributed by atoms with van der Waals surface area (Å²) in [6.45, 7) is 7.03. The van der Waals surface area contributed by atoms with E-state index in [1.165, 1.54) is 44.5 Å². The minimum Gasteiger partial charge on any atom is -0.310 e. The van der Waals surface area contributed by atoms with E-state index in [1.54, 1.807) is 0 Å². The van der Waals surface area contributed by atoms with Gasteiger partial charge in [0.2, 0.25) is 0 Å². The maximum atomic E-state index is 4.09. The number of nitrogens with zero attached hydrogens (tertiary/aromatic N) is 2. The van der Waals surface area contributed by atoms with Crippen LogP contribution >= 0.6 is 0 Å². The average Bonchev–Trinajstić information content (AvgIpc) is 3.19. The van der Waals surface area contributed by atoms with Crippen LogP contribution in [0.5, 0.6) is 0 Å². The first-order chi connectivity index (χ1) is 8.76. The van der Waals surface area contributed by atoms with Gasteiger partial charge in [0.15, 0.2) is 0 Å². The lowest BCUT2D eigenvalue weighted by molar-refractivity contribution is 0.195. The Bertz CT molecular complexity index is 388. The van der Waals surface area contributed by atoms with Crippen molar-refractivity contribution in [1.29, 1.82) is 0 Å². The SMILES string of the molecule is CC1(C2CC2)CN(Cc2ccncc2)CCCN1. The molecule has 0 spiro atoms. The largest absolute Gasteiger partial charge is 0.310 e. The van der Waals surface area contributed by atoms with Gasteiger partial charge in [0.25, 0.3) is 0 Å². The lowest BCUT2D eigenvalue weighted by atomic mass is 9.95. The third-order valence-corrected chi connectivity index (χ3v) is 4.37. The molecule has 0 bridgehead atoms. The molecule has 1 aromatic heterocycles. The highest BCUT2D eigenvalue weighted by Gasteiger charge is 2.42. The number of hydrogen-bond acceptors (Lipinski definition) is 3. The van der Waals surface area contributed by atoms with Gasteiger partial charge in [-0.2, -0.15) is 0 Å². The summed E-state index contributed by atoms with van der Waals surface area (Å²) in [5, 5.41) is 3.78. The van der Waals surface area contributed by atoms with Crippen molar-refractivity contribution in [3.63, 3.8) is 0 Å². The van der Waals surface area contributed by atoms with Crippen molar-refractivity contribution in [2.24, 2.45) is 5.92 Å². The predicted octanol–water partition coefficient (Wildman–Crippen LogP) is 2.05. The molecule has 0 amide bonds. The van der Waals surface area contributed by atoms with E-state index in [9.17, 15) is 0 Å². The van der Waals surface area contributed by atoms with Crippen LogP contribution in [0.1, 0.15) is 31.7 Å². The van der Waals surface area contributed by atoms with E-state index >= 15 is 0 Å². The van der Waals surface area contributed by atoms with Crippen molar-refractivity contribution in [1.82, 2.24) is 15.2 Å². The maximum Gasteiger partial charge on any atom is 0.0308 e. The molecule has 1 aromatic rings. The van der Waals surface area contributed by atoms with Crippen LogP contribution in [0.15, 0.2) is 24.5 Å². The Kier molecular flexibility index (Phi) is 3.35. The molecule has 98 valence electrons. The fourth-order valence-electron chi connectivity index (χ4n) is 3.15. The predicted molar refractivity (Wildman–Crippen MR) is 73.3 cm³/mol. The monoisotopic (exact) mass is 245 g/mol. The second-order valence-electron chi connectivity index (χ2n) is 6.04. The number of hydrogen-bond donors (Lipinski definition) is 1. The van der Waals surface area contributed by atoms with Crippen molar-refractivity contribution in [2.75, 3.05) is 19.6 Å². The van der Waals surface area contributed by atoms with Gasteiger partial charge in [-0.1, -0.05) is 0 Å². The Hall–Kier alpha value is -0.930. The number of pyridine rings is 1. The Morgan fingerprint density at radius 1 is 1.39 bits per heavy atom. The molecule has 2 aliphatic rings. The zero-order valence-electron chi connectivity index (χ0n) is 11.2. The van der Waals surface area contributed by atoms with Gasteiger partial charge < -0.3 is 5.32 Å². The van der Waals surface area contributed by atoms with Gasteiger partial charge in [-0.05, 0) is 62.9 Å². The Labute approximate surface area is 110 Å². The van der Waals surface area contributed by atoms with Crippen LogP contribution in [0, 0.1) is 5.92 Å². The maximum absolute atomic E-state index is 4.09. The fourth-order valence-corrected chi connectivity index (χ4v) is 3.15. The van der Waals surface area contributed by atoms with Gasteiger partial charge in [-0.25, -0.2) is 0 Å². The van der Waals surface area contributed by atoms with Gasteiger partial charge in [0, 0.05) is 31.0 Å². The summed E-state index contributed by atoms with van der Waals surface area (Å²) < 4.78 is 0. The Morgan fingerprint density at radius 2 is 2.17 bits per heavy atom. The highest BCUT2D eigenvalue weighted by atomic mass is 15.2. The minimum absolute atomic E-state index is 0.337. The van der Waals surface area contributed by atoms with Crippen LogP contribution in [-0.4, -0.2) is 35.1 Å². The lowest BCUT2D eigenvalue weighted by Crippen LogP contribution is -2.50. The first-order valence-electron chi connectivity index (χ1n) is 7.12. The molecule has 1 saturated heterocycles. The second-order valence-corrected chi connectivity index (χ2v) is 6.04. The van der Waals surface area contributed by atoms with Gasteiger partial charge in [-0.3, -0.25) is 9.88 Å². The van der Waals surface area contributed by atoms with E-state index in [4.69, 9.17) is 0 Å². The van der Waals surface area contributed by atoms with E-state index in [0.717, 1.165) is 12.5 Å². The smallest absolute Gasteiger partial charge is 0.0308 e. The number of nitrogens with one attached hydrogen (secondary N) is 1. The normalized spacial score (nSPS) is 30.1. The third-order valence-electron chi connectivity index (χ3n) is 4.37. The summed E-state index contributed by atoms with van der Waals surface area (Å²) in [6.07, 6.45) is 7.86. The molecule has 1 unspecified atom stereocenters. The topological polar surface area (TPSA) is 28.2 Å². The third kappa shape index (κ3) is 2.73. The second kappa shape index (κ2) is 4.98. The summed E-state index contributed by atoms with van der Waals surface area (Å²) in [6, 6.07) is 4.26. The fraction of sp³-hybridized carbons (Fsp3) is 0.667. The zero-order chi connectivity index (χ0) is 12.4. The van der Waals surface area contributed by atoms with Crippen LogP contribution in [0.25, 0.3) is 0 Å². The molecule has 1 atom stereocenters. The summed E-state index contributed by atoms with van der Waals surface area (Å²) in [5.41, 5.74) is 1.72. The molecule has 1 saturated carbocycles. The molecule has 0 aromatic carbocycles. The molecule has 3 rings (SSSR count). The quantitative estimate of drug-likeness (QED) is 0.883. The molecule has 3 heteroatoms. The van der Waals surface area contributed by atoms with Crippen LogP contribution in [-0.2, 0) is 6.54 Å². The van der Waals surface area contributed by atoms with Crippen molar-refractivity contribution in [2.45, 2.75) is 38.3 Å². The standard InChI is InChI=1S/C15H23N3/c1-15(14-3-4-14)12-18(10-2-7-17-15)11-13-5-8-16-9-6-13/h5-6,8-9,14,17H,2-4,7,10-12H2,1H3. The molecule has 18 heavy (non-hydrogen) atoms. The zero-order valence-corrected chi connectivity index (χ0v) is 11.2. The molecule has 2 fully saturated rings.